The van der Waals surface area contributed by atoms with Crippen LogP contribution in [0.1, 0.15) is 31.9 Å². The topological polar surface area (TPSA) is 21.3 Å². The summed E-state index contributed by atoms with van der Waals surface area (Å²) < 4.78 is 5.48. The Balaban J connectivity index is 3.03. The van der Waals surface area contributed by atoms with E-state index in [9.17, 15) is 0 Å². The second-order valence-corrected chi connectivity index (χ2v) is 5.83. The van der Waals surface area contributed by atoms with Gasteiger partial charge in [-0.25, -0.2) is 0 Å². The number of ether oxygens (including phenoxy) is 1. The molecular weight excluding hydrogens is 222 g/mol. The molecule has 0 aromatic heterocycles. The molecule has 0 aliphatic heterocycles. The molecule has 0 saturated heterocycles. The lowest BCUT2D eigenvalue weighted by Gasteiger charge is -2.34. The maximum absolute atomic E-state index is 5.48. The third-order valence-electron chi connectivity index (χ3n) is 4.00. The highest BCUT2D eigenvalue weighted by Gasteiger charge is 2.29. The monoisotopic (exact) mass is 249 g/mol. The van der Waals surface area contributed by atoms with Crippen LogP contribution in [0.25, 0.3) is 0 Å². The molecule has 0 aliphatic rings. The summed E-state index contributed by atoms with van der Waals surface area (Å²) in [7, 11) is 3.77. The molecule has 0 amide bonds. The van der Waals surface area contributed by atoms with Gasteiger partial charge >= 0.3 is 0 Å². The average molecular weight is 249 g/mol. The van der Waals surface area contributed by atoms with E-state index < -0.39 is 0 Å². The lowest BCUT2D eigenvalue weighted by Crippen LogP contribution is -2.36. The Bertz CT molecular complexity index is 387. The zero-order chi connectivity index (χ0) is 13.8. The van der Waals surface area contributed by atoms with E-state index in [4.69, 9.17) is 4.74 Å². The van der Waals surface area contributed by atoms with Gasteiger partial charge in [-0.2, -0.15) is 0 Å². The number of methoxy groups -OCH3 is 1. The van der Waals surface area contributed by atoms with Crippen molar-refractivity contribution in [3.8, 4) is 5.75 Å². The molecule has 0 spiro atoms. The smallest absolute Gasteiger partial charge is 0.122 e. The van der Waals surface area contributed by atoms with Crippen LogP contribution in [-0.2, 0) is 6.42 Å². The van der Waals surface area contributed by atoms with Crippen molar-refractivity contribution < 1.29 is 4.74 Å². The predicted molar refractivity (Wildman–Crippen MR) is 78.3 cm³/mol. The van der Waals surface area contributed by atoms with Crippen LogP contribution in [0.15, 0.2) is 18.2 Å². The van der Waals surface area contributed by atoms with E-state index in [1.807, 2.05) is 7.05 Å². The van der Waals surface area contributed by atoms with E-state index in [1.165, 1.54) is 11.1 Å². The Hall–Kier alpha value is -1.02. The van der Waals surface area contributed by atoms with Gasteiger partial charge in [-0.1, -0.05) is 38.5 Å². The molecule has 2 nitrogen and oxygen atoms in total. The SMILES string of the molecule is CNCC(C)(Cc1cc(C)ccc1OC)C(C)C. The fourth-order valence-corrected chi connectivity index (χ4v) is 2.36. The van der Waals surface area contributed by atoms with Gasteiger partial charge in [0.05, 0.1) is 7.11 Å². The van der Waals surface area contributed by atoms with Crippen LogP contribution >= 0.6 is 0 Å². The van der Waals surface area contributed by atoms with E-state index in [2.05, 4.69) is 51.2 Å². The molecule has 2 heteroatoms. The van der Waals surface area contributed by atoms with Crippen LogP contribution in [0.4, 0.5) is 0 Å². The minimum Gasteiger partial charge on any atom is -0.496 e. The minimum atomic E-state index is 0.246. The van der Waals surface area contributed by atoms with Crippen molar-refractivity contribution in [2.75, 3.05) is 20.7 Å². The fourth-order valence-electron chi connectivity index (χ4n) is 2.36. The van der Waals surface area contributed by atoms with E-state index in [-0.39, 0.29) is 5.41 Å². The second-order valence-electron chi connectivity index (χ2n) is 5.83. The van der Waals surface area contributed by atoms with Crippen LogP contribution in [0.3, 0.4) is 0 Å². The molecule has 1 N–H and O–H groups in total. The molecule has 1 atom stereocenters. The summed E-state index contributed by atoms with van der Waals surface area (Å²) in [6.07, 6.45) is 1.04. The molecule has 102 valence electrons. The molecule has 1 unspecified atom stereocenters. The molecular formula is C16H27NO. The number of rotatable bonds is 6. The Kier molecular flexibility index (Phi) is 5.21. The molecule has 0 bridgehead atoms. The van der Waals surface area contributed by atoms with Gasteiger partial charge in [-0.15, -0.1) is 0 Å². The largest absolute Gasteiger partial charge is 0.496 e. The van der Waals surface area contributed by atoms with Gasteiger partial charge in [0.15, 0.2) is 0 Å². The second kappa shape index (κ2) is 6.24. The van der Waals surface area contributed by atoms with Gasteiger partial charge in [0.2, 0.25) is 0 Å². The van der Waals surface area contributed by atoms with Gasteiger partial charge in [0, 0.05) is 6.54 Å². The first kappa shape index (κ1) is 15.0. The van der Waals surface area contributed by atoms with Gasteiger partial charge < -0.3 is 10.1 Å². The summed E-state index contributed by atoms with van der Waals surface area (Å²) in [5.74, 6) is 1.62. The highest BCUT2D eigenvalue weighted by Crippen LogP contribution is 2.34. The summed E-state index contributed by atoms with van der Waals surface area (Å²) in [6.45, 7) is 10.1. The fraction of sp³-hybridized carbons (Fsp3) is 0.625. The number of nitrogens with one attached hydrogen (secondary N) is 1. The van der Waals surface area contributed by atoms with Crippen LogP contribution in [0, 0.1) is 18.3 Å². The lowest BCUT2D eigenvalue weighted by molar-refractivity contribution is 0.210. The van der Waals surface area contributed by atoms with Gasteiger partial charge in [-0.05, 0) is 43.4 Å². The highest BCUT2D eigenvalue weighted by molar-refractivity contribution is 5.37. The zero-order valence-electron chi connectivity index (χ0n) is 12.6. The van der Waals surface area contributed by atoms with Crippen molar-refractivity contribution >= 4 is 0 Å². The summed E-state index contributed by atoms with van der Waals surface area (Å²) >= 11 is 0. The predicted octanol–water partition coefficient (Wildman–Crippen LogP) is 3.43. The maximum atomic E-state index is 5.48. The first-order valence-electron chi connectivity index (χ1n) is 6.71. The van der Waals surface area contributed by atoms with Gasteiger partial charge in [0.1, 0.15) is 5.75 Å². The zero-order valence-corrected chi connectivity index (χ0v) is 12.6. The Morgan fingerprint density at radius 2 is 2.00 bits per heavy atom. The van der Waals surface area contributed by atoms with Gasteiger partial charge in [0.25, 0.3) is 0 Å². The molecule has 0 radical (unpaired) electrons. The summed E-state index contributed by atoms with van der Waals surface area (Å²) in [5.41, 5.74) is 2.85. The van der Waals surface area contributed by atoms with Crippen LogP contribution in [0.5, 0.6) is 5.75 Å². The third kappa shape index (κ3) is 3.49. The molecule has 1 aromatic rings. The summed E-state index contributed by atoms with van der Waals surface area (Å²) in [6, 6.07) is 6.42. The Labute approximate surface area is 112 Å². The summed E-state index contributed by atoms with van der Waals surface area (Å²) in [4.78, 5) is 0. The first-order valence-corrected chi connectivity index (χ1v) is 6.71. The van der Waals surface area contributed by atoms with Gasteiger partial charge in [-0.3, -0.25) is 0 Å². The highest BCUT2D eigenvalue weighted by atomic mass is 16.5. The van der Waals surface area contributed by atoms with Crippen molar-refractivity contribution in [1.82, 2.24) is 5.32 Å². The number of hydrogen-bond donors (Lipinski definition) is 1. The molecule has 1 rings (SSSR count). The minimum absolute atomic E-state index is 0.246. The van der Waals surface area contributed by atoms with Crippen LogP contribution in [0.2, 0.25) is 0 Å². The molecule has 0 saturated carbocycles. The first-order chi connectivity index (χ1) is 8.42. The third-order valence-corrected chi connectivity index (χ3v) is 4.00. The Morgan fingerprint density at radius 3 is 2.50 bits per heavy atom. The van der Waals surface area contributed by atoms with E-state index >= 15 is 0 Å². The lowest BCUT2D eigenvalue weighted by atomic mass is 9.74. The Morgan fingerprint density at radius 1 is 1.33 bits per heavy atom. The molecule has 0 heterocycles. The molecule has 0 aliphatic carbocycles. The van der Waals surface area contributed by atoms with Crippen molar-refractivity contribution in [3.05, 3.63) is 29.3 Å². The van der Waals surface area contributed by atoms with Crippen LogP contribution in [-0.4, -0.2) is 20.7 Å². The number of benzene rings is 1. The standard InChI is InChI=1S/C16H27NO/c1-12(2)16(4,11-17-5)10-14-9-13(3)7-8-15(14)18-6/h7-9,12,17H,10-11H2,1-6H3. The molecule has 1 aromatic carbocycles. The molecule has 0 fully saturated rings. The summed E-state index contributed by atoms with van der Waals surface area (Å²) in [5, 5.41) is 3.32. The van der Waals surface area contributed by atoms with Crippen LogP contribution < -0.4 is 10.1 Å². The normalized spacial score (nSPS) is 14.6. The number of aryl methyl sites for hydroxylation is 1. The van der Waals surface area contributed by atoms with E-state index in [0.717, 1.165) is 18.7 Å². The number of hydrogen-bond acceptors (Lipinski definition) is 2. The van der Waals surface area contributed by atoms with E-state index in [1.54, 1.807) is 7.11 Å². The van der Waals surface area contributed by atoms with Crippen molar-refractivity contribution in [2.45, 2.75) is 34.1 Å². The van der Waals surface area contributed by atoms with Crippen molar-refractivity contribution in [3.63, 3.8) is 0 Å². The molecule has 18 heavy (non-hydrogen) atoms. The van der Waals surface area contributed by atoms with Crippen molar-refractivity contribution in [2.24, 2.45) is 11.3 Å². The van der Waals surface area contributed by atoms with Crippen molar-refractivity contribution in [1.29, 1.82) is 0 Å². The maximum Gasteiger partial charge on any atom is 0.122 e. The quantitative estimate of drug-likeness (QED) is 0.834. The van der Waals surface area contributed by atoms with E-state index in [0.29, 0.717) is 5.92 Å². The average Bonchev–Trinajstić information content (AvgIpc) is 2.29.